The molecule has 0 spiro atoms. The molecule has 2 aliphatic rings. The van der Waals surface area contributed by atoms with Crippen molar-refractivity contribution in [3.63, 3.8) is 0 Å². The van der Waals surface area contributed by atoms with Gasteiger partial charge in [0, 0.05) is 12.6 Å². The van der Waals surface area contributed by atoms with E-state index in [-0.39, 0.29) is 0 Å². The average Bonchev–Trinajstić information content (AvgIpc) is 2.75. The van der Waals surface area contributed by atoms with Crippen LogP contribution in [0.1, 0.15) is 46.0 Å². The molecule has 1 saturated heterocycles. The lowest BCUT2D eigenvalue weighted by molar-refractivity contribution is 0.134. The molecule has 3 atom stereocenters. The highest BCUT2D eigenvalue weighted by atomic mass is 15.2. The number of hydrogen-bond acceptors (Lipinski definition) is 2. The first-order valence-corrected chi connectivity index (χ1v) is 7.26. The molecule has 1 aliphatic carbocycles. The summed E-state index contributed by atoms with van der Waals surface area (Å²) >= 11 is 0. The molecule has 0 aromatic carbocycles. The Hall–Kier alpha value is -0.0800. The van der Waals surface area contributed by atoms with Crippen LogP contribution in [0, 0.1) is 11.8 Å². The van der Waals surface area contributed by atoms with E-state index in [0.29, 0.717) is 0 Å². The largest absolute Gasteiger partial charge is 0.317 e. The highest BCUT2D eigenvalue weighted by Crippen LogP contribution is 2.31. The normalized spacial score (nSPS) is 36.8. The highest BCUT2D eigenvalue weighted by molar-refractivity contribution is 4.86. The summed E-state index contributed by atoms with van der Waals surface area (Å²) < 4.78 is 0. The monoisotopic (exact) mass is 224 g/mol. The molecule has 0 radical (unpaired) electrons. The van der Waals surface area contributed by atoms with Crippen molar-refractivity contribution in [2.75, 3.05) is 26.2 Å². The van der Waals surface area contributed by atoms with Crippen LogP contribution in [0.3, 0.4) is 0 Å². The fraction of sp³-hybridized carbons (Fsp3) is 1.00. The Morgan fingerprint density at radius 3 is 2.75 bits per heavy atom. The zero-order valence-electron chi connectivity index (χ0n) is 11.0. The van der Waals surface area contributed by atoms with Crippen LogP contribution >= 0.6 is 0 Å². The van der Waals surface area contributed by atoms with E-state index in [9.17, 15) is 0 Å². The van der Waals surface area contributed by atoms with Gasteiger partial charge in [0.05, 0.1) is 0 Å². The summed E-state index contributed by atoms with van der Waals surface area (Å²) in [7, 11) is 0. The van der Waals surface area contributed by atoms with Crippen LogP contribution in [0.4, 0.5) is 0 Å². The van der Waals surface area contributed by atoms with Crippen LogP contribution in [0.15, 0.2) is 0 Å². The van der Waals surface area contributed by atoms with E-state index in [2.05, 4.69) is 24.1 Å². The van der Waals surface area contributed by atoms with Crippen LogP contribution in [0.2, 0.25) is 0 Å². The van der Waals surface area contributed by atoms with E-state index in [1.165, 1.54) is 51.7 Å². The highest BCUT2D eigenvalue weighted by Gasteiger charge is 2.32. The van der Waals surface area contributed by atoms with Crippen molar-refractivity contribution < 1.29 is 0 Å². The Balaban J connectivity index is 1.78. The summed E-state index contributed by atoms with van der Waals surface area (Å²) in [5.74, 6) is 1.85. The standard InChI is InChI=1S/C14H28N2/c1-3-15-10-13-8-9-16(11-13)14-7-5-4-6-12(14)2/h12-15H,3-11H2,1-2H3. The van der Waals surface area contributed by atoms with Crippen molar-refractivity contribution in [1.82, 2.24) is 10.2 Å². The molecule has 3 unspecified atom stereocenters. The maximum absolute atomic E-state index is 3.50. The Labute approximate surface area is 101 Å². The van der Waals surface area contributed by atoms with Crippen LogP contribution in [0.5, 0.6) is 0 Å². The lowest BCUT2D eigenvalue weighted by atomic mass is 9.85. The molecule has 1 saturated carbocycles. The molecule has 0 bridgehead atoms. The lowest BCUT2D eigenvalue weighted by Crippen LogP contribution is -2.40. The van der Waals surface area contributed by atoms with Gasteiger partial charge in [0.1, 0.15) is 0 Å². The van der Waals surface area contributed by atoms with E-state index >= 15 is 0 Å². The first-order valence-electron chi connectivity index (χ1n) is 7.26. The Morgan fingerprint density at radius 1 is 1.19 bits per heavy atom. The minimum Gasteiger partial charge on any atom is -0.317 e. The van der Waals surface area contributed by atoms with Crippen molar-refractivity contribution >= 4 is 0 Å². The maximum Gasteiger partial charge on any atom is 0.0121 e. The minimum atomic E-state index is 0.903. The molecular weight excluding hydrogens is 196 g/mol. The summed E-state index contributed by atoms with van der Waals surface area (Å²) in [4.78, 5) is 2.78. The number of hydrogen-bond donors (Lipinski definition) is 1. The number of nitrogens with one attached hydrogen (secondary N) is 1. The van der Waals surface area contributed by atoms with Gasteiger partial charge in [-0.3, -0.25) is 4.90 Å². The van der Waals surface area contributed by atoms with Crippen molar-refractivity contribution in [1.29, 1.82) is 0 Å². The first-order chi connectivity index (χ1) is 7.81. The van der Waals surface area contributed by atoms with E-state index in [0.717, 1.165) is 24.4 Å². The van der Waals surface area contributed by atoms with Crippen molar-refractivity contribution in [2.45, 2.75) is 52.0 Å². The Morgan fingerprint density at radius 2 is 2.00 bits per heavy atom. The zero-order chi connectivity index (χ0) is 11.4. The smallest absolute Gasteiger partial charge is 0.0121 e. The summed E-state index contributed by atoms with van der Waals surface area (Å²) in [6, 6.07) is 0.903. The molecule has 1 heterocycles. The second-order valence-corrected chi connectivity index (χ2v) is 5.79. The maximum atomic E-state index is 3.50. The van der Waals surface area contributed by atoms with E-state index in [4.69, 9.17) is 0 Å². The molecule has 2 rings (SSSR count). The summed E-state index contributed by atoms with van der Waals surface area (Å²) in [5.41, 5.74) is 0. The molecule has 1 aliphatic heterocycles. The van der Waals surface area contributed by atoms with Gasteiger partial charge in [0.2, 0.25) is 0 Å². The molecule has 2 heteroatoms. The van der Waals surface area contributed by atoms with Crippen LogP contribution < -0.4 is 5.32 Å². The van der Waals surface area contributed by atoms with E-state index in [1.54, 1.807) is 0 Å². The van der Waals surface area contributed by atoms with Gasteiger partial charge in [-0.25, -0.2) is 0 Å². The van der Waals surface area contributed by atoms with E-state index < -0.39 is 0 Å². The average molecular weight is 224 g/mol. The molecule has 0 aromatic rings. The molecular formula is C14H28N2. The Kier molecular flexibility index (Phi) is 4.66. The molecule has 2 fully saturated rings. The fourth-order valence-corrected chi connectivity index (χ4v) is 3.52. The number of nitrogens with zero attached hydrogens (tertiary/aromatic N) is 1. The van der Waals surface area contributed by atoms with E-state index in [1.807, 2.05) is 0 Å². The van der Waals surface area contributed by atoms with Gasteiger partial charge in [0.25, 0.3) is 0 Å². The number of rotatable bonds is 4. The van der Waals surface area contributed by atoms with Crippen molar-refractivity contribution in [2.24, 2.45) is 11.8 Å². The lowest BCUT2D eigenvalue weighted by Gasteiger charge is -2.36. The summed E-state index contributed by atoms with van der Waals surface area (Å²) in [6.45, 7) is 9.72. The molecule has 16 heavy (non-hydrogen) atoms. The SMILES string of the molecule is CCNCC1CCN(C2CCCCC2C)C1. The molecule has 0 aromatic heterocycles. The van der Waals surface area contributed by atoms with Gasteiger partial charge >= 0.3 is 0 Å². The second-order valence-electron chi connectivity index (χ2n) is 5.79. The fourth-order valence-electron chi connectivity index (χ4n) is 3.52. The second kappa shape index (κ2) is 6.02. The van der Waals surface area contributed by atoms with Crippen LogP contribution in [-0.2, 0) is 0 Å². The molecule has 0 amide bonds. The predicted molar refractivity (Wildman–Crippen MR) is 69.6 cm³/mol. The minimum absolute atomic E-state index is 0.903. The quantitative estimate of drug-likeness (QED) is 0.789. The van der Waals surface area contributed by atoms with Crippen LogP contribution in [-0.4, -0.2) is 37.1 Å². The van der Waals surface area contributed by atoms with Gasteiger partial charge in [-0.1, -0.05) is 26.7 Å². The zero-order valence-corrected chi connectivity index (χ0v) is 11.0. The number of likely N-dealkylation sites (tertiary alicyclic amines) is 1. The summed E-state index contributed by atoms with van der Waals surface area (Å²) in [5, 5.41) is 3.50. The predicted octanol–water partition coefficient (Wildman–Crippen LogP) is 2.50. The molecule has 2 nitrogen and oxygen atoms in total. The van der Waals surface area contributed by atoms with Gasteiger partial charge in [-0.05, 0) is 50.7 Å². The van der Waals surface area contributed by atoms with Gasteiger partial charge < -0.3 is 5.32 Å². The Bertz CT molecular complexity index is 205. The third-order valence-electron chi connectivity index (χ3n) is 4.54. The van der Waals surface area contributed by atoms with Crippen molar-refractivity contribution in [3.05, 3.63) is 0 Å². The van der Waals surface area contributed by atoms with Crippen molar-refractivity contribution in [3.8, 4) is 0 Å². The topological polar surface area (TPSA) is 15.3 Å². The van der Waals surface area contributed by atoms with Gasteiger partial charge in [-0.15, -0.1) is 0 Å². The van der Waals surface area contributed by atoms with Gasteiger partial charge in [0.15, 0.2) is 0 Å². The third-order valence-corrected chi connectivity index (χ3v) is 4.54. The summed E-state index contributed by atoms with van der Waals surface area (Å²) in [6.07, 6.45) is 7.25. The van der Waals surface area contributed by atoms with Gasteiger partial charge in [-0.2, -0.15) is 0 Å². The molecule has 94 valence electrons. The third kappa shape index (κ3) is 2.98. The molecule has 1 N–H and O–H groups in total. The van der Waals surface area contributed by atoms with Crippen LogP contribution in [0.25, 0.3) is 0 Å². The first kappa shape index (κ1) is 12.4.